The number of ether oxygens (including phenoxy) is 1. The van der Waals surface area contributed by atoms with Crippen LogP contribution < -0.4 is 5.32 Å². The highest BCUT2D eigenvalue weighted by atomic mass is 16.7. The van der Waals surface area contributed by atoms with Crippen LogP contribution >= 0.6 is 0 Å². The minimum Gasteiger partial charge on any atom is -0.466 e. The van der Waals surface area contributed by atoms with Crippen LogP contribution in [-0.4, -0.2) is 53.9 Å². The highest BCUT2D eigenvalue weighted by Gasteiger charge is 2.29. The maximum Gasteiger partial charge on any atom is 0.350 e. The number of carbonyl (C=O) groups excluding carboxylic acids is 4. The van der Waals surface area contributed by atoms with Gasteiger partial charge in [-0.3, -0.25) is 14.4 Å². The van der Waals surface area contributed by atoms with Gasteiger partial charge in [0, 0.05) is 47.3 Å². The van der Waals surface area contributed by atoms with Gasteiger partial charge in [0.15, 0.2) is 0 Å². The third kappa shape index (κ3) is 6.30. The maximum atomic E-state index is 12.8. The lowest BCUT2D eigenvalue weighted by molar-refractivity contribution is -0.152. The zero-order chi connectivity index (χ0) is 28.8. The molecule has 0 radical (unpaired) electrons. The first-order chi connectivity index (χ1) is 19.9. The largest absolute Gasteiger partial charge is 0.466 e. The summed E-state index contributed by atoms with van der Waals surface area (Å²) in [6.07, 6.45) is 5.21. The van der Waals surface area contributed by atoms with E-state index in [0.29, 0.717) is 24.2 Å². The van der Waals surface area contributed by atoms with Gasteiger partial charge >= 0.3 is 5.97 Å². The lowest BCUT2D eigenvalue weighted by Crippen LogP contribution is -2.23. The van der Waals surface area contributed by atoms with Gasteiger partial charge in [0.05, 0.1) is 12.8 Å². The van der Waals surface area contributed by atoms with Crippen molar-refractivity contribution >= 4 is 46.1 Å². The standard InChI is InChI=1S/C32H27N3O6/c1-40-32(39)28-18-27(35-41-28)21-11-13-23(14-12-21)31(38)30(37)22-9-6-20(7-10-22)8-15-29(36)33-17-16-24-19-34-26-5-3-2-4-25(24)26/h2-15,19,28,34H,16-18H2,1H3,(H,33,36). The van der Waals surface area contributed by atoms with E-state index in [1.807, 2.05) is 30.5 Å². The molecule has 1 atom stereocenters. The predicted octanol–water partition coefficient (Wildman–Crippen LogP) is 4.27. The topological polar surface area (TPSA) is 127 Å². The minimum atomic E-state index is -0.791. The van der Waals surface area contributed by atoms with E-state index in [2.05, 4.69) is 20.2 Å². The molecule has 0 fully saturated rings. The van der Waals surface area contributed by atoms with Crippen molar-refractivity contribution in [2.24, 2.45) is 5.16 Å². The highest BCUT2D eigenvalue weighted by molar-refractivity contribution is 6.49. The van der Waals surface area contributed by atoms with E-state index < -0.39 is 23.6 Å². The molecule has 4 aromatic rings. The smallest absolute Gasteiger partial charge is 0.350 e. The number of H-pyrrole nitrogens is 1. The number of nitrogens with zero attached hydrogens (tertiary/aromatic N) is 1. The summed E-state index contributed by atoms with van der Waals surface area (Å²) in [5.41, 5.74) is 4.63. The molecule has 0 spiro atoms. The van der Waals surface area contributed by atoms with E-state index in [0.717, 1.165) is 22.0 Å². The number of hydrogen-bond donors (Lipinski definition) is 2. The summed E-state index contributed by atoms with van der Waals surface area (Å²) in [6.45, 7) is 0.497. The van der Waals surface area contributed by atoms with E-state index in [1.165, 1.54) is 25.3 Å². The average Bonchev–Trinajstić information content (AvgIpc) is 3.67. The van der Waals surface area contributed by atoms with Gasteiger partial charge in [-0.25, -0.2) is 4.79 Å². The molecule has 2 N–H and O–H groups in total. The van der Waals surface area contributed by atoms with Gasteiger partial charge in [-0.1, -0.05) is 71.9 Å². The Balaban J connectivity index is 1.12. The molecule has 0 saturated heterocycles. The lowest BCUT2D eigenvalue weighted by atomic mass is 9.98. The number of para-hydroxylation sites is 1. The van der Waals surface area contributed by atoms with E-state index >= 15 is 0 Å². The number of Topliss-reactive ketones (excluding diaryl/α,β-unsaturated/α-hetero) is 2. The molecule has 1 aliphatic rings. The zero-order valence-corrected chi connectivity index (χ0v) is 22.3. The number of esters is 1. The number of carbonyl (C=O) groups is 4. The van der Waals surface area contributed by atoms with Crippen LogP contribution in [0.2, 0.25) is 0 Å². The number of ketones is 2. The van der Waals surface area contributed by atoms with Crippen molar-refractivity contribution in [1.82, 2.24) is 10.3 Å². The monoisotopic (exact) mass is 549 g/mol. The second-order valence-corrected chi connectivity index (χ2v) is 9.45. The first kappa shape index (κ1) is 27.3. The van der Waals surface area contributed by atoms with Crippen LogP contribution in [-0.2, 0) is 25.6 Å². The number of benzene rings is 3. The molecule has 41 heavy (non-hydrogen) atoms. The second-order valence-electron chi connectivity index (χ2n) is 9.45. The number of rotatable bonds is 10. The van der Waals surface area contributed by atoms with Crippen molar-refractivity contribution < 1.29 is 28.8 Å². The third-order valence-corrected chi connectivity index (χ3v) is 6.79. The summed E-state index contributed by atoms with van der Waals surface area (Å²) in [6, 6.07) is 20.9. The predicted molar refractivity (Wildman–Crippen MR) is 154 cm³/mol. The molecule has 0 aliphatic carbocycles. The maximum absolute atomic E-state index is 12.8. The Morgan fingerprint density at radius 1 is 0.976 bits per heavy atom. The third-order valence-electron chi connectivity index (χ3n) is 6.79. The molecule has 9 heteroatoms. The lowest BCUT2D eigenvalue weighted by Gasteiger charge is -2.05. The van der Waals surface area contributed by atoms with E-state index in [4.69, 9.17) is 4.84 Å². The molecule has 2 heterocycles. The summed E-state index contributed by atoms with van der Waals surface area (Å²) >= 11 is 0. The van der Waals surface area contributed by atoms with Crippen LogP contribution in [0.4, 0.5) is 0 Å². The van der Waals surface area contributed by atoms with Crippen molar-refractivity contribution in [2.75, 3.05) is 13.7 Å². The van der Waals surface area contributed by atoms with E-state index in [-0.39, 0.29) is 23.5 Å². The first-order valence-electron chi connectivity index (χ1n) is 13.0. The Bertz CT molecular complexity index is 1670. The number of hydrogen-bond acceptors (Lipinski definition) is 7. The molecule has 3 aromatic carbocycles. The Morgan fingerprint density at radius 2 is 1.66 bits per heavy atom. The SMILES string of the molecule is COC(=O)C1CC(c2ccc(C(=O)C(=O)c3ccc(C=CC(=O)NCCc4c[nH]c5ccccc45)cc3)cc2)=NO1. The fourth-order valence-electron chi connectivity index (χ4n) is 4.52. The van der Waals surface area contributed by atoms with Crippen LogP contribution in [0.25, 0.3) is 17.0 Å². The number of fused-ring (bicyclic) bond motifs is 1. The molecule has 1 aliphatic heterocycles. The Labute approximate surface area is 235 Å². The number of amides is 1. The van der Waals surface area contributed by atoms with Gasteiger partial charge in [-0.15, -0.1) is 0 Å². The Kier molecular flexibility index (Phi) is 8.15. The fourth-order valence-corrected chi connectivity index (χ4v) is 4.52. The van der Waals surface area contributed by atoms with E-state index in [9.17, 15) is 19.2 Å². The summed E-state index contributed by atoms with van der Waals surface area (Å²) in [5, 5.41) is 7.94. The first-order valence-corrected chi connectivity index (χ1v) is 13.0. The molecule has 206 valence electrons. The minimum absolute atomic E-state index is 0.223. The van der Waals surface area contributed by atoms with Crippen molar-refractivity contribution in [3.63, 3.8) is 0 Å². The van der Waals surface area contributed by atoms with Gasteiger partial charge in [0.2, 0.25) is 23.6 Å². The van der Waals surface area contributed by atoms with Crippen molar-refractivity contribution in [3.8, 4) is 0 Å². The van der Waals surface area contributed by atoms with E-state index in [1.54, 1.807) is 42.5 Å². The number of nitrogens with one attached hydrogen (secondary N) is 2. The average molecular weight is 550 g/mol. The number of aromatic nitrogens is 1. The number of methoxy groups -OCH3 is 1. The van der Waals surface area contributed by atoms with Crippen LogP contribution in [0.5, 0.6) is 0 Å². The second kappa shape index (κ2) is 12.3. The van der Waals surface area contributed by atoms with Crippen LogP contribution in [0, 0.1) is 0 Å². The summed E-state index contributed by atoms with van der Waals surface area (Å²) in [5.74, 6) is -2.02. The molecule has 0 saturated carbocycles. The van der Waals surface area contributed by atoms with Crippen LogP contribution in [0.3, 0.4) is 0 Å². The molecular weight excluding hydrogens is 522 g/mol. The number of aromatic amines is 1. The zero-order valence-electron chi connectivity index (χ0n) is 22.3. The molecule has 1 aromatic heterocycles. The normalized spacial score (nSPS) is 14.5. The van der Waals surface area contributed by atoms with Crippen molar-refractivity contribution in [3.05, 3.63) is 113 Å². The Morgan fingerprint density at radius 3 is 2.37 bits per heavy atom. The summed E-state index contributed by atoms with van der Waals surface area (Å²) < 4.78 is 4.66. The molecule has 5 rings (SSSR count). The number of oxime groups is 1. The molecular formula is C32H27N3O6. The quantitative estimate of drug-likeness (QED) is 0.132. The molecule has 9 nitrogen and oxygen atoms in total. The van der Waals surface area contributed by atoms with Gasteiger partial charge in [0.25, 0.3) is 0 Å². The molecule has 1 unspecified atom stereocenters. The van der Waals surface area contributed by atoms with Gasteiger partial charge in [-0.05, 0) is 35.3 Å². The molecule has 0 bridgehead atoms. The summed E-state index contributed by atoms with van der Waals surface area (Å²) in [4.78, 5) is 57.8. The molecule has 1 amide bonds. The van der Waals surface area contributed by atoms with Crippen LogP contribution in [0.15, 0.2) is 90.2 Å². The van der Waals surface area contributed by atoms with Gasteiger partial charge in [-0.2, -0.15) is 0 Å². The fraction of sp³-hybridized carbons (Fsp3) is 0.156. The van der Waals surface area contributed by atoms with Gasteiger partial charge < -0.3 is 19.9 Å². The Hall–Kier alpha value is -5.31. The van der Waals surface area contributed by atoms with Crippen molar-refractivity contribution in [2.45, 2.75) is 18.9 Å². The summed E-state index contributed by atoms with van der Waals surface area (Å²) in [7, 11) is 1.28. The van der Waals surface area contributed by atoms with Gasteiger partial charge in [0.1, 0.15) is 0 Å². The van der Waals surface area contributed by atoms with Crippen molar-refractivity contribution in [1.29, 1.82) is 0 Å². The highest BCUT2D eigenvalue weighted by Crippen LogP contribution is 2.20. The van der Waals surface area contributed by atoms with Crippen LogP contribution in [0.1, 0.15) is 43.8 Å².